The van der Waals surface area contributed by atoms with E-state index in [1.165, 1.54) is 13.0 Å². The number of hydrogen-bond donors (Lipinski definition) is 1. The third-order valence-corrected chi connectivity index (χ3v) is 6.13. The van der Waals surface area contributed by atoms with Crippen molar-refractivity contribution < 1.29 is 13.6 Å². The molecule has 3 atom stereocenters. The van der Waals surface area contributed by atoms with Crippen LogP contribution in [0.1, 0.15) is 42.7 Å². The highest BCUT2D eigenvalue weighted by atomic mass is 19.2. The molecule has 1 amide bonds. The fourth-order valence-electron chi connectivity index (χ4n) is 4.30. The standard InChI is InChI=1S/C23H22F2N6O/c1-13(32)31-6-3-16(12-31)30-20-8-14(7-19(24)21(20)25)17-9-18(17)15-10-28-23(29-11-15)22-26-4-2-5-27-22/h2,4-5,7-8,10-11,16-18,30H,3,6,9,12H2,1H3/t16-,17+,18+/m1/s1. The first kappa shape index (κ1) is 20.4. The predicted octanol–water partition coefficient (Wildman–Crippen LogP) is 3.52. The molecule has 1 aliphatic carbocycles. The molecule has 1 saturated carbocycles. The molecule has 9 heteroatoms. The molecular weight excluding hydrogens is 414 g/mol. The van der Waals surface area contributed by atoms with Crippen molar-refractivity contribution in [3.05, 3.63) is 65.7 Å². The van der Waals surface area contributed by atoms with Crippen LogP contribution in [0.3, 0.4) is 0 Å². The Morgan fingerprint density at radius 3 is 2.41 bits per heavy atom. The lowest BCUT2D eigenvalue weighted by Crippen LogP contribution is -2.29. The van der Waals surface area contributed by atoms with Gasteiger partial charge in [0.2, 0.25) is 5.91 Å². The molecule has 3 aromatic rings. The Balaban J connectivity index is 1.30. The molecule has 32 heavy (non-hydrogen) atoms. The maximum atomic E-state index is 14.5. The van der Waals surface area contributed by atoms with Crippen LogP contribution in [0.2, 0.25) is 0 Å². The Labute approximate surface area is 183 Å². The second-order valence-electron chi connectivity index (χ2n) is 8.32. The van der Waals surface area contributed by atoms with Gasteiger partial charge in [-0.15, -0.1) is 0 Å². The number of nitrogens with one attached hydrogen (secondary N) is 1. The number of amides is 1. The maximum absolute atomic E-state index is 14.5. The number of hydrogen-bond acceptors (Lipinski definition) is 6. The fraction of sp³-hybridized carbons (Fsp3) is 0.348. The third kappa shape index (κ3) is 4.02. The van der Waals surface area contributed by atoms with Crippen LogP contribution in [-0.2, 0) is 4.79 Å². The van der Waals surface area contributed by atoms with E-state index in [0.29, 0.717) is 31.2 Å². The van der Waals surface area contributed by atoms with Crippen LogP contribution < -0.4 is 5.32 Å². The Morgan fingerprint density at radius 2 is 1.72 bits per heavy atom. The Morgan fingerprint density at radius 1 is 1.03 bits per heavy atom. The maximum Gasteiger partial charge on any atom is 0.219 e. The lowest BCUT2D eigenvalue weighted by molar-refractivity contribution is -0.127. The number of anilines is 1. The van der Waals surface area contributed by atoms with Crippen LogP contribution in [0.4, 0.5) is 14.5 Å². The monoisotopic (exact) mass is 436 g/mol. The average Bonchev–Trinajstić information content (AvgIpc) is 3.47. The van der Waals surface area contributed by atoms with E-state index in [2.05, 4.69) is 25.3 Å². The van der Waals surface area contributed by atoms with Gasteiger partial charge in [0, 0.05) is 50.8 Å². The zero-order valence-corrected chi connectivity index (χ0v) is 17.5. The molecule has 2 aromatic heterocycles. The van der Waals surface area contributed by atoms with Gasteiger partial charge in [-0.1, -0.05) is 0 Å². The van der Waals surface area contributed by atoms with E-state index in [1.807, 2.05) is 0 Å². The Hall–Kier alpha value is -3.49. The van der Waals surface area contributed by atoms with E-state index in [0.717, 1.165) is 17.5 Å². The zero-order chi connectivity index (χ0) is 22.2. The Bertz CT molecular complexity index is 1140. The lowest BCUT2D eigenvalue weighted by atomic mass is 10.0. The highest BCUT2D eigenvalue weighted by Crippen LogP contribution is 2.55. The van der Waals surface area contributed by atoms with Gasteiger partial charge in [-0.3, -0.25) is 4.79 Å². The minimum atomic E-state index is -0.886. The lowest BCUT2D eigenvalue weighted by Gasteiger charge is -2.17. The van der Waals surface area contributed by atoms with Crippen LogP contribution in [0.25, 0.3) is 11.6 Å². The molecule has 7 nitrogen and oxygen atoms in total. The first-order chi connectivity index (χ1) is 15.5. The number of likely N-dealkylation sites (tertiary alicyclic amines) is 1. The smallest absolute Gasteiger partial charge is 0.219 e. The summed E-state index contributed by atoms with van der Waals surface area (Å²) in [5, 5.41) is 3.09. The van der Waals surface area contributed by atoms with Crippen molar-refractivity contribution in [3.8, 4) is 11.6 Å². The summed E-state index contributed by atoms with van der Waals surface area (Å²) < 4.78 is 28.8. The molecule has 0 spiro atoms. The van der Waals surface area contributed by atoms with Gasteiger partial charge >= 0.3 is 0 Å². The number of carbonyl (C=O) groups is 1. The number of aromatic nitrogens is 4. The van der Waals surface area contributed by atoms with E-state index in [9.17, 15) is 13.6 Å². The van der Waals surface area contributed by atoms with Gasteiger partial charge in [0.1, 0.15) is 0 Å². The molecule has 2 aliphatic rings. The fourth-order valence-corrected chi connectivity index (χ4v) is 4.30. The number of nitrogens with zero attached hydrogens (tertiary/aromatic N) is 5. The molecule has 1 aliphatic heterocycles. The molecule has 1 saturated heterocycles. The van der Waals surface area contributed by atoms with Gasteiger partial charge in [-0.25, -0.2) is 28.7 Å². The second kappa shape index (κ2) is 8.22. The summed E-state index contributed by atoms with van der Waals surface area (Å²) in [6, 6.07) is 4.59. The summed E-state index contributed by atoms with van der Waals surface area (Å²) in [6.45, 7) is 2.62. The molecule has 164 valence electrons. The number of carbonyl (C=O) groups excluding carboxylic acids is 1. The van der Waals surface area contributed by atoms with Crippen LogP contribution >= 0.6 is 0 Å². The molecule has 3 heterocycles. The van der Waals surface area contributed by atoms with Crippen molar-refractivity contribution in [2.45, 2.75) is 37.6 Å². The largest absolute Gasteiger partial charge is 0.378 e. The molecule has 5 rings (SSSR count). The van der Waals surface area contributed by atoms with E-state index in [-0.39, 0.29) is 29.5 Å². The molecule has 1 N–H and O–H groups in total. The number of benzene rings is 1. The zero-order valence-electron chi connectivity index (χ0n) is 17.5. The molecule has 0 unspecified atom stereocenters. The molecule has 0 bridgehead atoms. The van der Waals surface area contributed by atoms with E-state index < -0.39 is 11.6 Å². The minimum Gasteiger partial charge on any atom is -0.378 e. The van der Waals surface area contributed by atoms with Gasteiger partial charge in [0.25, 0.3) is 0 Å². The summed E-state index contributed by atoms with van der Waals surface area (Å²) in [6.07, 6.45) is 8.28. The van der Waals surface area contributed by atoms with Gasteiger partial charge in [0.05, 0.1) is 5.69 Å². The second-order valence-corrected chi connectivity index (χ2v) is 8.32. The SMILES string of the molecule is CC(=O)N1CC[C@@H](Nc2cc([C@@H]3C[C@H]3c3cnc(-c4ncccn4)nc3)cc(F)c2F)C1. The van der Waals surface area contributed by atoms with Crippen molar-refractivity contribution in [1.29, 1.82) is 0 Å². The summed E-state index contributed by atoms with van der Waals surface area (Å²) in [7, 11) is 0. The van der Waals surface area contributed by atoms with E-state index in [4.69, 9.17) is 0 Å². The Kier molecular flexibility index (Phi) is 5.24. The van der Waals surface area contributed by atoms with Crippen LogP contribution in [0.5, 0.6) is 0 Å². The molecule has 2 fully saturated rings. The van der Waals surface area contributed by atoms with Gasteiger partial charge in [0.15, 0.2) is 23.3 Å². The van der Waals surface area contributed by atoms with E-state index in [1.54, 1.807) is 41.8 Å². The molecular formula is C23H22F2N6O. The highest BCUT2D eigenvalue weighted by Gasteiger charge is 2.41. The van der Waals surface area contributed by atoms with Crippen molar-refractivity contribution in [3.63, 3.8) is 0 Å². The summed E-state index contributed by atoms with van der Waals surface area (Å²) >= 11 is 0. The first-order valence-electron chi connectivity index (χ1n) is 10.6. The van der Waals surface area contributed by atoms with Gasteiger partial charge in [-0.2, -0.15) is 0 Å². The third-order valence-electron chi connectivity index (χ3n) is 6.13. The topological polar surface area (TPSA) is 83.9 Å². The van der Waals surface area contributed by atoms with Crippen molar-refractivity contribution in [2.24, 2.45) is 0 Å². The van der Waals surface area contributed by atoms with Crippen LogP contribution in [0.15, 0.2) is 43.0 Å². The average molecular weight is 436 g/mol. The van der Waals surface area contributed by atoms with Crippen molar-refractivity contribution in [1.82, 2.24) is 24.8 Å². The summed E-state index contributed by atoms with van der Waals surface area (Å²) in [5.74, 6) is -0.640. The van der Waals surface area contributed by atoms with Crippen molar-refractivity contribution in [2.75, 3.05) is 18.4 Å². The summed E-state index contributed by atoms with van der Waals surface area (Å²) in [5.41, 5.74) is 1.84. The van der Waals surface area contributed by atoms with Gasteiger partial charge < -0.3 is 10.2 Å². The van der Waals surface area contributed by atoms with Gasteiger partial charge in [-0.05, 0) is 54.0 Å². The number of halogens is 2. The quantitative estimate of drug-likeness (QED) is 0.659. The van der Waals surface area contributed by atoms with Crippen LogP contribution in [0, 0.1) is 11.6 Å². The number of rotatable bonds is 5. The van der Waals surface area contributed by atoms with E-state index >= 15 is 0 Å². The highest BCUT2D eigenvalue weighted by molar-refractivity contribution is 5.73. The van der Waals surface area contributed by atoms with Crippen LogP contribution in [-0.4, -0.2) is 49.9 Å². The molecule has 1 aromatic carbocycles. The normalized spacial score (nSPS) is 22.1. The predicted molar refractivity (Wildman–Crippen MR) is 114 cm³/mol. The molecule has 0 radical (unpaired) electrons. The summed E-state index contributed by atoms with van der Waals surface area (Å²) in [4.78, 5) is 30.3. The minimum absolute atomic E-state index is 0.0115. The first-order valence-corrected chi connectivity index (χ1v) is 10.6. The van der Waals surface area contributed by atoms with Crippen molar-refractivity contribution >= 4 is 11.6 Å².